The quantitative estimate of drug-likeness (QED) is 0.538. The summed E-state index contributed by atoms with van der Waals surface area (Å²) in [4.78, 5) is 0. The van der Waals surface area contributed by atoms with Gasteiger partial charge in [-0.2, -0.15) is 0 Å². The second-order valence-electron chi connectivity index (χ2n) is 2.70. The minimum Gasteiger partial charge on any atom is -0.237 e. The summed E-state index contributed by atoms with van der Waals surface area (Å²) in [7, 11) is 0. The Morgan fingerprint density at radius 1 is 1.55 bits per heavy atom. The summed E-state index contributed by atoms with van der Waals surface area (Å²) >= 11 is 0. The molecule has 1 heterocycles. The van der Waals surface area contributed by atoms with Crippen LogP contribution >= 0.6 is 0 Å². The second-order valence-corrected chi connectivity index (χ2v) is 2.70. The maximum absolute atomic E-state index is 5.18. The Balaban J connectivity index is 2.36. The molecule has 3 nitrogen and oxygen atoms in total. The Morgan fingerprint density at radius 3 is 3.27 bits per heavy atom. The number of terminal acetylenes is 1. The van der Waals surface area contributed by atoms with Crippen LogP contribution in [-0.4, -0.2) is 15.0 Å². The molecule has 0 amide bonds. The molecule has 0 fully saturated rings. The van der Waals surface area contributed by atoms with E-state index in [1.54, 1.807) is 0 Å². The first-order valence-corrected chi connectivity index (χ1v) is 3.76. The lowest BCUT2D eigenvalue weighted by Crippen LogP contribution is -2.02. The van der Waals surface area contributed by atoms with Gasteiger partial charge in [0.1, 0.15) is 6.54 Å². The number of hydrogen-bond donors (Lipinski definition) is 0. The van der Waals surface area contributed by atoms with Crippen molar-refractivity contribution >= 4 is 0 Å². The Morgan fingerprint density at radius 2 is 2.45 bits per heavy atom. The van der Waals surface area contributed by atoms with Gasteiger partial charge in [0.2, 0.25) is 0 Å². The van der Waals surface area contributed by atoms with Crippen LogP contribution in [0, 0.1) is 12.3 Å². The summed E-state index contributed by atoms with van der Waals surface area (Å²) in [6.45, 7) is 0.558. The normalized spacial score (nSPS) is 14.5. The third kappa shape index (κ3) is 0.911. The molecule has 0 radical (unpaired) electrons. The first kappa shape index (κ1) is 6.41. The van der Waals surface area contributed by atoms with Crippen LogP contribution in [0.2, 0.25) is 0 Å². The predicted octanol–water partition coefficient (Wildman–Crippen LogP) is 0.400. The van der Waals surface area contributed by atoms with E-state index in [1.165, 1.54) is 12.1 Å². The minimum absolute atomic E-state index is 0.558. The number of hydrogen-bond acceptors (Lipinski definition) is 2. The number of nitrogens with zero attached hydrogens (tertiary/aromatic N) is 3. The third-order valence-corrected chi connectivity index (χ3v) is 1.99. The van der Waals surface area contributed by atoms with Crippen LogP contribution in [0.3, 0.4) is 0 Å². The van der Waals surface area contributed by atoms with Gasteiger partial charge >= 0.3 is 0 Å². The summed E-state index contributed by atoms with van der Waals surface area (Å²) in [5.41, 5.74) is 2.38. The number of fused-ring (bicyclic) bond motifs is 1. The molecule has 0 aromatic carbocycles. The number of aromatic nitrogens is 3. The molecule has 56 valence electrons. The number of aryl methyl sites for hydroxylation is 1. The largest absolute Gasteiger partial charge is 0.237 e. The van der Waals surface area contributed by atoms with Crippen molar-refractivity contribution in [2.45, 2.75) is 25.8 Å². The third-order valence-electron chi connectivity index (χ3n) is 1.99. The number of rotatable bonds is 1. The Bertz CT molecular complexity index is 306. The molecule has 11 heavy (non-hydrogen) atoms. The topological polar surface area (TPSA) is 30.7 Å². The van der Waals surface area contributed by atoms with Crippen LogP contribution in [0.15, 0.2) is 0 Å². The van der Waals surface area contributed by atoms with Gasteiger partial charge in [-0.1, -0.05) is 11.1 Å². The van der Waals surface area contributed by atoms with E-state index < -0.39 is 0 Å². The van der Waals surface area contributed by atoms with Gasteiger partial charge < -0.3 is 0 Å². The lowest BCUT2D eigenvalue weighted by atomic mass is 10.3. The molecule has 0 unspecified atom stereocenters. The zero-order valence-corrected chi connectivity index (χ0v) is 6.25. The maximum Gasteiger partial charge on any atom is 0.103 e. The molecule has 1 aliphatic rings. The van der Waals surface area contributed by atoms with E-state index >= 15 is 0 Å². The highest BCUT2D eigenvalue weighted by atomic mass is 15.4. The molecular weight excluding hydrogens is 138 g/mol. The van der Waals surface area contributed by atoms with Gasteiger partial charge in [-0.05, 0) is 19.3 Å². The van der Waals surface area contributed by atoms with Crippen LogP contribution in [0.25, 0.3) is 0 Å². The van der Waals surface area contributed by atoms with Gasteiger partial charge in [-0.3, -0.25) is 0 Å². The fourth-order valence-corrected chi connectivity index (χ4v) is 1.47. The van der Waals surface area contributed by atoms with E-state index in [0.29, 0.717) is 6.54 Å². The second kappa shape index (κ2) is 2.39. The fourth-order valence-electron chi connectivity index (χ4n) is 1.47. The van der Waals surface area contributed by atoms with Crippen molar-refractivity contribution in [3.63, 3.8) is 0 Å². The molecule has 0 aliphatic heterocycles. The molecular formula is C8H9N3. The van der Waals surface area contributed by atoms with Gasteiger partial charge in [0, 0.05) is 0 Å². The summed E-state index contributed by atoms with van der Waals surface area (Å²) in [6.07, 6.45) is 8.53. The highest BCUT2D eigenvalue weighted by Crippen LogP contribution is 2.18. The standard InChI is InChI=1S/C8H9N3/c1-2-6-11-8-5-3-4-7(8)9-10-11/h1H,3-6H2. The average molecular weight is 147 g/mol. The van der Waals surface area contributed by atoms with Crippen molar-refractivity contribution in [1.29, 1.82) is 0 Å². The molecule has 1 aliphatic carbocycles. The molecule has 1 aromatic rings. The molecule has 0 spiro atoms. The zero-order valence-electron chi connectivity index (χ0n) is 6.25. The highest BCUT2D eigenvalue weighted by Gasteiger charge is 2.17. The van der Waals surface area contributed by atoms with Crippen molar-refractivity contribution in [3.8, 4) is 12.3 Å². The summed E-state index contributed by atoms with van der Waals surface area (Å²) < 4.78 is 1.82. The molecule has 3 heteroatoms. The summed E-state index contributed by atoms with van der Waals surface area (Å²) in [6, 6.07) is 0. The first-order chi connectivity index (χ1) is 5.42. The monoisotopic (exact) mass is 147 g/mol. The highest BCUT2D eigenvalue weighted by molar-refractivity contribution is 5.16. The van der Waals surface area contributed by atoms with E-state index in [0.717, 1.165) is 18.5 Å². The van der Waals surface area contributed by atoms with Crippen molar-refractivity contribution in [1.82, 2.24) is 15.0 Å². The lowest BCUT2D eigenvalue weighted by Gasteiger charge is -1.95. The molecule has 0 bridgehead atoms. The van der Waals surface area contributed by atoms with E-state index in [1.807, 2.05) is 4.68 Å². The van der Waals surface area contributed by atoms with E-state index in [9.17, 15) is 0 Å². The minimum atomic E-state index is 0.558. The van der Waals surface area contributed by atoms with Crippen molar-refractivity contribution in [2.24, 2.45) is 0 Å². The molecule has 1 aromatic heterocycles. The fraction of sp³-hybridized carbons (Fsp3) is 0.500. The van der Waals surface area contributed by atoms with Crippen molar-refractivity contribution in [3.05, 3.63) is 11.4 Å². The Labute approximate surface area is 65.4 Å². The van der Waals surface area contributed by atoms with Gasteiger partial charge in [0.05, 0.1) is 11.4 Å². The van der Waals surface area contributed by atoms with Crippen molar-refractivity contribution in [2.75, 3.05) is 0 Å². The van der Waals surface area contributed by atoms with Gasteiger partial charge in [0.15, 0.2) is 0 Å². The molecule has 0 saturated carbocycles. The van der Waals surface area contributed by atoms with E-state index in [2.05, 4.69) is 16.2 Å². The van der Waals surface area contributed by atoms with Crippen LogP contribution in [-0.2, 0) is 19.4 Å². The Hall–Kier alpha value is -1.30. The van der Waals surface area contributed by atoms with E-state index in [-0.39, 0.29) is 0 Å². The molecule has 0 saturated heterocycles. The van der Waals surface area contributed by atoms with Crippen LogP contribution in [0.1, 0.15) is 17.8 Å². The summed E-state index contributed by atoms with van der Waals surface area (Å²) in [5.74, 6) is 2.56. The SMILES string of the molecule is C#CCn1nnc2c1CCC2. The molecule has 2 rings (SSSR count). The molecule has 0 N–H and O–H groups in total. The molecule has 0 atom stereocenters. The average Bonchev–Trinajstić information content (AvgIpc) is 2.53. The van der Waals surface area contributed by atoms with Gasteiger partial charge in [-0.25, -0.2) is 4.68 Å². The van der Waals surface area contributed by atoms with Crippen LogP contribution in [0.4, 0.5) is 0 Å². The Kier molecular flexibility index (Phi) is 1.39. The maximum atomic E-state index is 5.18. The smallest absolute Gasteiger partial charge is 0.103 e. The van der Waals surface area contributed by atoms with Crippen molar-refractivity contribution < 1.29 is 0 Å². The van der Waals surface area contributed by atoms with Gasteiger partial charge in [-0.15, -0.1) is 11.5 Å². The zero-order chi connectivity index (χ0) is 7.68. The summed E-state index contributed by atoms with van der Waals surface area (Å²) in [5, 5.41) is 7.98. The van der Waals surface area contributed by atoms with Gasteiger partial charge in [0.25, 0.3) is 0 Å². The van der Waals surface area contributed by atoms with Crippen LogP contribution < -0.4 is 0 Å². The van der Waals surface area contributed by atoms with Crippen LogP contribution in [0.5, 0.6) is 0 Å². The van der Waals surface area contributed by atoms with E-state index in [4.69, 9.17) is 6.42 Å². The predicted molar refractivity (Wildman–Crippen MR) is 40.9 cm³/mol. The first-order valence-electron chi connectivity index (χ1n) is 3.76. The lowest BCUT2D eigenvalue weighted by molar-refractivity contribution is 0.629.